The summed E-state index contributed by atoms with van der Waals surface area (Å²) in [5.74, 6) is 0.705. The zero-order valence-electron chi connectivity index (χ0n) is 21.8. The lowest BCUT2D eigenvalue weighted by atomic mass is 10.0. The van der Waals surface area contributed by atoms with Crippen LogP contribution in [0.2, 0.25) is 0 Å². The van der Waals surface area contributed by atoms with E-state index in [0.717, 1.165) is 11.1 Å². The van der Waals surface area contributed by atoms with Crippen molar-refractivity contribution in [1.82, 2.24) is 4.90 Å². The number of amides is 2. The number of nitrogens with one attached hydrogen (secondary N) is 2. The Morgan fingerprint density at radius 2 is 1.31 bits per heavy atom. The van der Waals surface area contributed by atoms with E-state index in [0.29, 0.717) is 36.6 Å². The fourth-order valence-corrected chi connectivity index (χ4v) is 4.31. The molecule has 0 aliphatic rings. The van der Waals surface area contributed by atoms with Crippen molar-refractivity contribution in [2.75, 3.05) is 30.4 Å². The van der Waals surface area contributed by atoms with E-state index in [2.05, 4.69) is 15.5 Å². The first-order valence-corrected chi connectivity index (χ1v) is 13.1. The first-order chi connectivity index (χ1) is 19.1. The molecule has 4 rings (SSSR count). The molecule has 0 spiro atoms. The molecule has 7 nitrogen and oxygen atoms in total. The number of carbonyl (C=O) groups is 1. The van der Waals surface area contributed by atoms with Crippen LogP contribution in [0.25, 0.3) is 0 Å². The summed E-state index contributed by atoms with van der Waals surface area (Å²) in [5.41, 5.74) is 3.49. The second kappa shape index (κ2) is 14.7. The summed E-state index contributed by atoms with van der Waals surface area (Å²) in [5, 5.41) is 26.8. The van der Waals surface area contributed by atoms with Crippen LogP contribution in [0, 0.1) is 0 Å². The highest BCUT2D eigenvalue weighted by atomic mass is 16.5. The first-order valence-electron chi connectivity index (χ1n) is 13.1. The molecule has 0 radical (unpaired) electrons. The summed E-state index contributed by atoms with van der Waals surface area (Å²) >= 11 is 0. The van der Waals surface area contributed by atoms with Gasteiger partial charge in [0.2, 0.25) is 0 Å². The Kier molecular flexibility index (Phi) is 10.5. The Hall–Kier alpha value is -4.17. The second-order valence-electron chi connectivity index (χ2n) is 9.38. The zero-order chi connectivity index (χ0) is 27.3. The van der Waals surface area contributed by atoms with E-state index in [1.165, 1.54) is 0 Å². The van der Waals surface area contributed by atoms with E-state index in [9.17, 15) is 15.0 Å². The molecule has 0 fully saturated rings. The molecule has 2 amide bonds. The van der Waals surface area contributed by atoms with Gasteiger partial charge in [-0.1, -0.05) is 78.9 Å². The molecular formula is C32H35N3O4. The quantitative estimate of drug-likeness (QED) is 0.193. The number of hydrogen-bond donors (Lipinski definition) is 4. The molecule has 4 N–H and O–H groups in total. The van der Waals surface area contributed by atoms with E-state index in [4.69, 9.17) is 4.74 Å². The van der Waals surface area contributed by atoms with E-state index >= 15 is 0 Å². The van der Waals surface area contributed by atoms with Gasteiger partial charge in [-0.15, -0.1) is 0 Å². The predicted molar refractivity (Wildman–Crippen MR) is 155 cm³/mol. The van der Waals surface area contributed by atoms with Gasteiger partial charge in [-0.2, -0.15) is 0 Å². The minimum absolute atomic E-state index is 0.0709. The van der Waals surface area contributed by atoms with Crippen LogP contribution in [0.1, 0.15) is 11.1 Å². The highest BCUT2D eigenvalue weighted by molar-refractivity contribution is 5.99. The summed E-state index contributed by atoms with van der Waals surface area (Å²) in [6, 6.07) is 35.7. The molecule has 0 saturated heterocycles. The molecule has 0 heterocycles. The minimum atomic E-state index is -0.738. The second-order valence-corrected chi connectivity index (χ2v) is 9.38. The van der Waals surface area contributed by atoms with Crippen LogP contribution in [0.4, 0.5) is 16.2 Å². The average Bonchev–Trinajstić information content (AvgIpc) is 2.97. The fraction of sp³-hybridized carbons (Fsp3) is 0.219. The maximum Gasteiger partial charge on any atom is 0.323 e. The number of aliphatic hydroxyl groups is 2. The molecule has 0 bridgehead atoms. The Morgan fingerprint density at radius 1 is 0.744 bits per heavy atom. The van der Waals surface area contributed by atoms with Crippen LogP contribution in [0.15, 0.2) is 115 Å². The summed E-state index contributed by atoms with van der Waals surface area (Å²) < 4.78 is 5.75. The number of aliphatic hydroxyl groups excluding tert-OH is 2. The molecular weight excluding hydrogens is 490 g/mol. The first kappa shape index (κ1) is 27.9. The number of rotatable bonds is 13. The predicted octanol–water partition coefficient (Wildman–Crippen LogP) is 5.18. The highest BCUT2D eigenvalue weighted by Gasteiger charge is 2.22. The van der Waals surface area contributed by atoms with Crippen molar-refractivity contribution in [2.45, 2.75) is 25.1 Å². The molecule has 0 aliphatic carbocycles. The normalized spacial score (nSPS) is 12.5. The number of carbonyl (C=O) groups excluding carboxylic acids is 1. The Balaban J connectivity index is 1.38. The van der Waals surface area contributed by atoms with Crippen molar-refractivity contribution < 1.29 is 19.7 Å². The summed E-state index contributed by atoms with van der Waals surface area (Å²) in [7, 11) is 0. The van der Waals surface area contributed by atoms with Crippen molar-refractivity contribution in [1.29, 1.82) is 0 Å². The van der Waals surface area contributed by atoms with Crippen molar-refractivity contribution in [2.24, 2.45) is 0 Å². The lowest BCUT2D eigenvalue weighted by Gasteiger charge is -2.32. The standard InChI is InChI=1S/C32H35N3O4/c36-23-29(20-25-16-18-28(19-17-25)34-32(38)33-27-12-6-2-7-13-27)35(21-26-10-4-1-5-11-26)22-30(37)24-39-31-14-8-3-9-15-31/h1-19,29-30,36-37H,20-24H2,(H2,33,34,38)/t29-,30-/m0/s1. The highest BCUT2D eigenvalue weighted by Crippen LogP contribution is 2.17. The van der Waals surface area contributed by atoms with Crippen molar-refractivity contribution in [3.05, 3.63) is 126 Å². The third-order valence-electron chi connectivity index (χ3n) is 6.30. The SMILES string of the molecule is O=C(Nc1ccccc1)Nc1ccc(C[C@@H](CO)N(Cc2ccccc2)C[C@H](O)COc2ccccc2)cc1. The molecule has 7 heteroatoms. The van der Waals surface area contributed by atoms with Crippen molar-refractivity contribution in [3.8, 4) is 5.75 Å². The van der Waals surface area contributed by atoms with Crippen LogP contribution in [-0.4, -0.2) is 53.0 Å². The number of benzene rings is 4. The summed E-state index contributed by atoms with van der Waals surface area (Å²) in [4.78, 5) is 14.4. The number of para-hydroxylation sites is 2. The Labute approximate surface area is 229 Å². The van der Waals surface area contributed by atoms with E-state index < -0.39 is 6.10 Å². The molecule has 0 saturated carbocycles. The van der Waals surface area contributed by atoms with Crippen molar-refractivity contribution >= 4 is 17.4 Å². The number of anilines is 2. The van der Waals surface area contributed by atoms with Gasteiger partial charge in [0, 0.05) is 30.5 Å². The molecule has 39 heavy (non-hydrogen) atoms. The lowest BCUT2D eigenvalue weighted by Crippen LogP contribution is -2.44. The van der Waals surface area contributed by atoms with Crippen LogP contribution in [-0.2, 0) is 13.0 Å². The van der Waals surface area contributed by atoms with E-state index in [-0.39, 0.29) is 25.3 Å². The molecule has 0 unspecified atom stereocenters. The molecule has 4 aromatic carbocycles. The van der Waals surface area contributed by atoms with Gasteiger partial charge in [-0.25, -0.2) is 4.79 Å². The van der Waals surface area contributed by atoms with Gasteiger partial charge in [0.1, 0.15) is 18.5 Å². The number of nitrogens with zero attached hydrogens (tertiary/aromatic N) is 1. The van der Waals surface area contributed by atoms with Crippen LogP contribution < -0.4 is 15.4 Å². The zero-order valence-corrected chi connectivity index (χ0v) is 21.8. The monoisotopic (exact) mass is 525 g/mol. The largest absolute Gasteiger partial charge is 0.491 e. The smallest absolute Gasteiger partial charge is 0.323 e. The minimum Gasteiger partial charge on any atom is -0.491 e. The molecule has 4 aromatic rings. The number of ether oxygens (including phenoxy) is 1. The lowest BCUT2D eigenvalue weighted by molar-refractivity contribution is 0.0335. The molecule has 0 aromatic heterocycles. The topological polar surface area (TPSA) is 94.1 Å². The molecule has 202 valence electrons. The Morgan fingerprint density at radius 3 is 1.92 bits per heavy atom. The van der Waals surface area contributed by atoms with Gasteiger partial charge in [-0.3, -0.25) is 4.90 Å². The number of hydrogen-bond acceptors (Lipinski definition) is 5. The average molecular weight is 526 g/mol. The maximum atomic E-state index is 12.3. The van der Waals surface area contributed by atoms with Gasteiger partial charge in [0.05, 0.1) is 6.61 Å². The third-order valence-corrected chi connectivity index (χ3v) is 6.30. The number of urea groups is 1. The van der Waals surface area contributed by atoms with Gasteiger partial charge in [-0.05, 0) is 53.9 Å². The van der Waals surface area contributed by atoms with Crippen LogP contribution in [0.3, 0.4) is 0 Å². The molecule has 0 aliphatic heterocycles. The summed E-state index contributed by atoms with van der Waals surface area (Å²) in [6.07, 6.45) is -0.163. The van der Waals surface area contributed by atoms with Gasteiger partial charge in [0.15, 0.2) is 0 Å². The maximum absolute atomic E-state index is 12.3. The Bertz CT molecular complexity index is 1260. The van der Waals surface area contributed by atoms with Gasteiger partial charge < -0.3 is 25.6 Å². The molecule has 2 atom stereocenters. The van der Waals surface area contributed by atoms with E-state index in [1.54, 1.807) is 0 Å². The summed E-state index contributed by atoms with van der Waals surface area (Å²) in [6.45, 7) is 0.997. The van der Waals surface area contributed by atoms with E-state index in [1.807, 2.05) is 115 Å². The fourth-order valence-electron chi connectivity index (χ4n) is 4.31. The van der Waals surface area contributed by atoms with Crippen molar-refractivity contribution in [3.63, 3.8) is 0 Å². The van der Waals surface area contributed by atoms with Gasteiger partial charge >= 0.3 is 6.03 Å². The van der Waals surface area contributed by atoms with Gasteiger partial charge in [0.25, 0.3) is 0 Å². The van der Waals surface area contributed by atoms with Crippen LogP contribution in [0.5, 0.6) is 5.75 Å². The van der Waals surface area contributed by atoms with Crippen LogP contribution >= 0.6 is 0 Å². The third kappa shape index (κ3) is 9.26.